The Morgan fingerprint density at radius 1 is 1.07 bits per heavy atom. The Morgan fingerprint density at radius 2 is 1.74 bits per heavy atom. The number of anilines is 1. The van der Waals surface area contributed by atoms with Gasteiger partial charge in [-0.3, -0.25) is 14.9 Å². The predicted octanol–water partition coefficient (Wildman–Crippen LogP) is 2.08. The lowest BCUT2D eigenvalue weighted by Crippen LogP contribution is -2.37. The van der Waals surface area contributed by atoms with Crippen molar-refractivity contribution < 1.29 is 28.3 Å². The van der Waals surface area contributed by atoms with E-state index in [1.54, 1.807) is 5.32 Å². The summed E-state index contributed by atoms with van der Waals surface area (Å²) in [7, 11) is 0. The van der Waals surface area contributed by atoms with E-state index in [-0.39, 0.29) is 21.8 Å². The number of amides is 4. The molecule has 0 aliphatic rings. The molecule has 0 aromatic heterocycles. The van der Waals surface area contributed by atoms with Crippen LogP contribution < -0.4 is 16.4 Å². The molecule has 0 radical (unpaired) electrons. The van der Waals surface area contributed by atoms with Crippen molar-refractivity contribution >= 4 is 41.1 Å². The van der Waals surface area contributed by atoms with Crippen molar-refractivity contribution in [2.45, 2.75) is 0 Å². The van der Waals surface area contributed by atoms with Crippen LogP contribution in [0.15, 0.2) is 42.5 Å². The number of hydrogen-bond acceptors (Lipinski definition) is 5. The molecule has 2 rings (SSSR count). The highest BCUT2D eigenvalue weighted by Gasteiger charge is 2.18. The Balaban J connectivity index is 2.14. The number of carbonyl (C=O) groups is 4. The Labute approximate surface area is 157 Å². The zero-order chi connectivity index (χ0) is 20.0. The average Bonchev–Trinajstić information content (AvgIpc) is 2.59. The second-order valence-electron chi connectivity index (χ2n) is 5.14. The highest BCUT2D eigenvalue weighted by molar-refractivity contribution is 6.31. The van der Waals surface area contributed by atoms with E-state index in [1.165, 1.54) is 30.3 Å². The molecule has 0 atom stereocenters. The third-order valence-corrected chi connectivity index (χ3v) is 3.39. The van der Waals surface area contributed by atoms with E-state index in [0.29, 0.717) is 0 Å². The fraction of sp³-hybridized carbons (Fsp3) is 0.0588. The zero-order valence-corrected chi connectivity index (χ0v) is 14.4. The maximum absolute atomic E-state index is 13.0. The largest absolute Gasteiger partial charge is 0.452 e. The third kappa shape index (κ3) is 5.79. The molecular weight excluding hydrogens is 381 g/mol. The van der Waals surface area contributed by atoms with Crippen molar-refractivity contribution in [1.82, 2.24) is 5.32 Å². The summed E-state index contributed by atoms with van der Waals surface area (Å²) in [4.78, 5) is 46.3. The third-order valence-electron chi connectivity index (χ3n) is 3.15. The minimum Gasteiger partial charge on any atom is -0.452 e. The lowest BCUT2D eigenvalue weighted by Gasteiger charge is -2.11. The van der Waals surface area contributed by atoms with Crippen LogP contribution in [-0.2, 0) is 9.53 Å². The van der Waals surface area contributed by atoms with Gasteiger partial charge in [-0.1, -0.05) is 11.6 Å². The SMILES string of the molecule is NC(=O)NC(=O)COC(=O)c1ccc(Cl)cc1NC(=O)c1ccc(F)cc1. The summed E-state index contributed by atoms with van der Waals surface area (Å²) in [5.41, 5.74) is 4.87. The van der Waals surface area contributed by atoms with E-state index in [2.05, 4.69) is 5.32 Å². The molecule has 0 saturated carbocycles. The van der Waals surface area contributed by atoms with Crippen LogP contribution in [0.3, 0.4) is 0 Å². The summed E-state index contributed by atoms with van der Waals surface area (Å²) in [5, 5.41) is 4.43. The summed E-state index contributed by atoms with van der Waals surface area (Å²) in [6.45, 7) is -0.754. The number of hydrogen-bond donors (Lipinski definition) is 3. The van der Waals surface area contributed by atoms with Crippen LogP contribution >= 0.6 is 11.6 Å². The molecule has 2 aromatic carbocycles. The molecular formula is C17H13ClFN3O5. The molecule has 0 aliphatic heterocycles. The highest BCUT2D eigenvalue weighted by atomic mass is 35.5. The van der Waals surface area contributed by atoms with Crippen molar-refractivity contribution in [2.24, 2.45) is 5.73 Å². The Morgan fingerprint density at radius 3 is 2.37 bits per heavy atom. The van der Waals surface area contributed by atoms with Gasteiger partial charge in [0.05, 0.1) is 11.3 Å². The van der Waals surface area contributed by atoms with Crippen molar-refractivity contribution in [3.8, 4) is 0 Å². The normalized spacial score (nSPS) is 10.0. The molecule has 4 amide bonds. The van der Waals surface area contributed by atoms with Gasteiger partial charge in [-0.15, -0.1) is 0 Å². The second kappa shape index (κ2) is 8.77. The Kier molecular flexibility index (Phi) is 6.45. The van der Waals surface area contributed by atoms with Gasteiger partial charge < -0.3 is 15.8 Å². The van der Waals surface area contributed by atoms with Crippen LogP contribution in [0.1, 0.15) is 20.7 Å². The van der Waals surface area contributed by atoms with Crippen LogP contribution in [0.5, 0.6) is 0 Å². The fourth-order valence-corrected chi connectivity index (χ4v) is 2.15. The standard InChI is InChI=1S/C17H13ClFN3O5/c18-10-3-6-12(16(25)27-8-14(23)22-17(20)26)13(7-10)21-15(24)9-1-4-11(19)5-2-9/h1-7H,8H2,(H,21,24)(H3,20,22,23,26). The minimum atomic E-state index is -1.09. The number of nitrogens with one attached hydrogen (secondary N) is 2. The molecule has 0 spiro atoms. The molecule has 27 heavy (non-hydrogen) atoms. The number of esters is 1. The molecule has 0 saturated heterocycles. The summed E-state index contributed by atoms with van der Waals surface area (Å²) in [6.07, 6.45) is 0. The minimum absolute atomic E-state index is 0.0251. The smallest absolute Gasteiger partial charge is 0.340 e. The summed E-state index contributed by atoms with van der Waals surface area (Å²) in [6, 6.07) is 7.64. The molecule has 140 valence electrons. The second-order valence-corrected chi connectivity index (χ2v) is 5.58. The van der Waals surface area contributed by atoms with Crippen LogP contribution in [0.4, 0.5) is 14.9 Å². The first-order valence-corrected chi connectivity index (χ1v) is 7.77. The first kappa shape index (κ1) is 19.9. The number of imide groups is 1. The molecule has 4 N–H and O–H groups in total. The van der Waals surface area contributed by atoms with Crippen molar-refractivity contribution in [3.05, 3.63) is 64.4 Å². The monoisotopic (exact) mass is 393 g/mol. The molecule has 10 heteroatoms. The van der Waals surface area contributed by atoms with Crippen molar-refractivity contribution in [3.63, 3.8) is 0 Å². The molecule has 8 nitrogen and oxygen atoms in total. The van der Waals surface area contributed by atoms with Crippen molar-refractivity contribution in [2.75, 3.05) is 11.9 Å². The molecule has 0 aliphatic carbocycles. The summed E-state index contributed by atoms with van der Waals surface area (Å²) >= 11 is 5.89. The van der Waals surface area contributed by atoms with Crippen molar-refractivity contribution in [1.29, 1.82) is 0 Å². The van der Waals surface area contributed by atoms with E-state index in [9.17, 15) is 23.6 Å². The Bertz CT molecular complexity index is 902. The van der Waals surface area contributed by atoms with Crippen LogP contribution in [0.25, 0.3) is 0 Å². The zero-order valence-electron chi connectivity index (χ0n) is 13.6. The predicted molar refractivity (Wildman–Crippen MR) is 93.8 cm³/mol. The molecule has 0 fully saturated rings. The first-order chi connectivity index (χ1) is 12.8. The van der Waals surface area contributed by atoms with Gasteiger partial charge in [0.25, 0.3) is 11.8 Å². The van der Waals surface area contributed by atoms with Gasteiger partial charge in [0.15, 0.2) is 6.61 Å². The number of primary amides is 1. The number of benzene rings is 2. The molecule has 2 aromatic rings. The molecule has 0 unspecified atom stereocenters. The fourth-order valence-electron chi connectivity index (χ4n) is 1.98. The van der Waals surface area contributed by atoms with E-state index >= 15 is 0 Å². The van der Waals surface area contributed by atoms with E-state index < -0.39 is 36.2 Å². The number of nitrogens with two attached hydrogens (primary N) is 1. The van der Waals surface area contributed by atoms with Crippen LogP contribution in [0.2, 0.25) is 5.02 Å². The lowest BCUT2D eigenvalue weighted by molar-refractivity contribution is -0.123. The van der Waals surface area contributed by atoms with Gasteiger partial charge in [-0.25, -0.2) is 14.0 Å². The maximum atomic E-state index is 13.0. The number of ether oxygens (including phenoxy) is 1. The topological polar surface area (TPSA) is 128 Å². The highest BCUT2D eigenvalue weighted by Crippen LogP contribution is 2.23. The lowest BCUT2D eigenvalue weighted by atomic mass is 10.1. The van der Waals surface area contributed by atoms with Gasteiger partial charge in [-0.2, -0.15) is 0 Å². The van der Waals surface area contributed by atoms with Gasteiger partial charge in [0.1, 0.15) is 5.82 Å². The summed E-state index contributed by atoms with van der Waals surface area (Å²) < 4.78 is 17.7. The maximum Gasteiger partial charge on any atom is 0.340 e. The van der Waals surface area contributed by atoms with Crippen LogP contribution in [-0.4, -0.2) is 30.4 Å². The number of rotatable bonds is 5. The molecule has 0 heterocycles. The van der Waals surface area contributed by atoms with E-state index in [0.717, 1.165) is 12.1 Å². The van der Waals surface area contributed by atoms with Gasteiger partial charge >= 0.3 is 12.0 Å². The number of halogens is 2. The number of urea groups is 1. The van der Waals surface area contributed by atoms with E-state index in [1.807, 2.05) is 0 Å². The number of carbonyl (C=O) groups excluding carboxylic acids is 4. The first-order valence-electron chi connectivity index (χ1n) is 7.39. The van der Waals surface area contributed by atoms with Gasteiger partial charge in [-0.05, 0) is 42.5 Å². The average molecular weight is 394 g/mol. The van der Waals surface area contributed by atoms with E-state index in [4.69, 9.17) is 22.1 Å². The van der Waals surface area contributed by atoms with Crippen LogP contribution in [0, 0.1) is 5.82 Å². The molecule has 0 bridgehead atoms. The quantitative estimate of drug-likeness (QED) is 0.670. The Hall–Kier alpha value is -3.46. The van der Waals surface area contributed by atoms with Gasteiger partial charge in [0.2, 0.25) is 0 Å². The van der Waals surface area contributed by atoms with Gasteiger partial charge in [0, 0.05) is 10.6 Å². The summed E-state index contributed by atoms with van der Waals surface area (Å²) in [5.74, 6) is -2.98.